The lowest BCUT2D eigenvalue weighted by Crippen LogP contribution is -2.41. The smallest absolute Gasteiger partial charge is 0.416 e. The summed E-state index contributed by atoms with van der Waals surface area (Å²) in [7, 11) is 0. The summed E-state index contributed by atoms with van der Waals surface area (Å²) in [6.45, 7) is -0.440. The van der Waals surface area contributed by atoms with Crippen molar-refractivity contribution in [2.45, 2.75) is 18.6 Å². The number of halogens is 3. The lowest BCUT2D eigenvalue weighted by atomic mass is 10.1. The van der Waals surface area contributed by atoms with E-state index in [4.69, 9.17) is 10.2 Å². The van der Waals surface area contributed by atoms with Crippen LogP contribution in [0.5, 0.6) is 0 Å². The first kappa shape index (κ1) is 16.0. The Kier molecular flexibility index (Phi) is 5.09. The molecule has 0 bridgehead atoms. The summed E-state index contributed by atoms with van der Waals surface area (Å²) >= 11 is 0. The van der Waals surface area contributed by atoms with E-state index in [1.54, 1.807) is 0 Å². The minimum absolute atomic E-state index is 0.0952. The molecule has 0 heterocycles. The van der Waals surface area contributed by atoms with Gasteiger partial charge in [0, 0.05) is 18.6 Å². The number of hydrogen-bond donors (Lipinski definition) is 3. The Hall–Kier alpha value is -2.09. The van der Waals surface area contributed by atoms with Crippen molar-refractivity contribution in [1.82, 2.24) is 5.32 Å². The molecule has 1 rings (SSSR count). The van der Waals surface area contributed by atoms with E-state index < -0.39 is 36.3 Å². The fourth-order valence-corrected chi connectivity index (χ4v) is 1.44. The summed E-state index contributed by atoms with van der Waals surface area (Å²) in [5.41, 5.74) is -0.999. The number of carboxylic acid groups (broad SMARTS) is 1. The third-order valence-corrected chi connectivity index (χ3v) is 2.50. The number of rotatable bonds is 5. The largest absolute Gasteiger partial charge is 0.480 e. The fourth-order valence-electron chi connectivity index (χ4n) is 1.44. The second-order valence-corrected chi connectivity index (χ2v) is 3.95. The number of aliphatic hydroxyl groups is 1. The molecule has 0 aliphatic heterocycles. The van der Waals surface area contributed by atoms with E-state index in [0.29, 0.717) is 0 Å². The van der Waals surface area contributed by atoms with Gasteiger partial charge in [-0.1, -0.05) is 0 Å². The number of amides is 1. The second kappa shape index (κ2) is 6.38. The Morgan fingerprint density at radius 2 is 1.75 bits per heavy atom. The standard InChI is InChI=1S/C12H12F3NO4/c13-12(14,15)8-3-1-7(2-4-8)10(18)16-9(5-6-17)11(19)20/h1-4,9,17H,5-6H2,(H,16,18)(H,19,20)/t9-/m1/s1. The highest BCUT2D eigenvalue weighted by atomic mass is 19.4. The van der Waals surface area contributed by atoms with Gasteiger partial charge in [0.05, 0.1) is 5.56 Å². The Labute approximate surface area is 112 Å². The molecule has 0 saturated carbocycles. The van der Waals surface area contributed by atoms with E-state index in [2.05, 4.69) is 5.32 Å². The van der Waals surface area contributed by atoms with Crippen LogP contribution in [0.15, 0.2) is 24.3 Å². The third-order valence-electron chi connectivity index (χ3n) is 2.50. The molecular formula is C12H12F3NO4. The highest BCUT2D eigenvalue weighted by Gasteiger charge is 2.30. The SMILES string of the molecule is O=C(N[C@H](CCO)C(=O)O)c1ccc(C(F)(F)F)cc1. The van der Waals surface area contributed by atoms with Crippen LogP contribution >= 0.6 is 0 Å². The predicted octanol–water partition coefficient (Wildman–Crippen LogP) is 1.27. The van der Waals surface area contributed by atoms with Gasteiger partial charge in [-0.3, -0.25) is 4.79 Å². The molecule has 20 heavy (non-hydrogen) atoms. The number of nitrogens with one attached hydrogen (secondary N) is 1. The van der Waals surface area contributed by atoms with Gasteiger partial charge >= 0.3 is 12.1 Å². The zero-order chi connectivity index (χ0) is 15.3. The number of aliphatic carboxylic acids is 1. The molecule has 0 saturated heterocycles. The Morgan fingerprint density at radius 1 is 1.20 bits per heavy atom. The predicted molar refractivity (Wildman–Crippen MR) is 62.0 cm³/mol. The molecule has 1 aromatic carbocycles. The normalized spacial score (nSPS) is 12.8. The maximum Gasteiger partial charge on any atom is 0.416 e. The summed E-state index contributed by atoms with van der Waals surface area (Å²) < 4.78 is 37.0. The topological polar surface area (TPSA) is 86.6 Å². The second-order valence-electron chi connectivity index (χ2n) is 3.95. The molecule has 0 aliphatic carbocycles. The quantitative estimate of drug-likeness (QED) is 0.762. The Balaban J connectivity index is 2.80. The van der Waals surface area contributed by atoms with Crippen LogP contribution in [0.2, 0.25) is 0 Å². The minimum Gasteiger partial charge on any atom is -0.480 e. The van der Waals surface area contributed by atoms with Crippen LogP contribution < -0.4 is 5.32 Å². The molecule has 1 amide bonds. The van der Waals surface area contributed by atoms with Crippen molar-refractivity contribution < 1.29 is 33.0 Å². The van der Waals surface area contributed by atoms with Gasteiger partial charge in [-0.25, -0.2) is 4.79 Å². The fraction of sp³-hybridized carbons (Fsp3) is 0.333. The lowest BCUT2D eigenvalue weighted by Gasteiger charge is -2.13. The van der Waals surface area contributed by atoms with Crippen LogP contribution in [0, 0.1) is 0 Å². The Morgan fingerprint density at radius 3 is 2.15 bits per heavy atom. The zero-order valence-electron chi connectivity index (χ0n) is 10.1. The molecule has 8 heteroatoms. The maximum absolute atomic E-state index is 12.3. The number of carboxylic acids is 1. The molecule has 0 fully saturated rings. The summed E-state index contributed by atoms with van der Waals surface area (Å²) in [5.74, 6) is -2.15. The maximum atomic E-state index is 12.3. The van der Waals surface area contributed by atoms with E-state index in [1.165, 1.54) is 0 Å². The molecule has 1 aromatic rings. The highest BCUT2D eigenvalue weighted by Crippen LogP contribution is 2.29. The molecular weight excluding hydrogens is 279 g/mol. The van der Waals surface area contributed by atoms with Crippen LogP contribution in [-0.2, 0) is 11.0 Å². The van der Waals surface area contributed by atoms with Crippen molar-refractivity contribution in [2.75, 3.05) is 6.61 Å². The Bertz CT molecular complexity index is 484. The van der Waals surface area contributed by atoms with Gasteiger partial charge in [0.15, 0.2) is 0 Å². The van der Waals surface area contributed by atoms with Gasteiger partial charge in [-0.2, -0.15) is 13.2 Å². The van der Waals surface area contributed by atoms with Crippen molar-refractivity contribution in [3.8, 4) is 0 Å². The monoisotopic (exact) mass is 291 g/mol. The molecule has 110 valence electrons. The van der Waals surface area contributed by atoms with Crippen molar-refractivity contribution in [3.63, 3.8) is 0 Å². The van der Waals surface area contributed by atoms with E-state index >= 15 is 0 Å². The van der Waals surface area contributed by atoms with E-state index in [1.807, 2.05) is 0 Å². The van der Waals surface area contributed by atoms with Gasteiger partial charge in [-0.15, -0.1) is 0 Å². The van der Waals surface area contributed by atoms with E-state index in [9.17, 15) is 22.8 Å². The number of hydrogen-bond acceptors (Lipinski definition) is 3. The van der Waals surface area contributed by atoms with Crippen LogP contribution in [0.3, 0.4) is 0 Å². The number of carbonyl (C=O) groups is 2. The zero-order valence-corrected chi connectivity index (χ0v) is 10.1. The van der Waals surface area contributed by atoms with Crippen molar-refractivity contribution in [2.24, 2.45) is 0 Å². The first-order chi connectivity index (χ1) is 9.25. The highest BCUT2D eigenvalue weighted by molar-refractivity contribution is 5.96. The summed E-state index contributed by atoms with van der Waals surface area (Å²) in [6, 6.07) is 2.08. The number of carbonyl (C=O) groups excluding carboxylic acids is 1. The van der Waals surface area contributed by atoms with E-state index in [-0.39, 0.29) is 12.0 Å². The molecule has 5 nitrogen and oxygen atoms in total. The third kappa shape index (κ3) is 4.23. The summed E-state index contributed by atoms with van der Waals surface area (Å²) in [5, 5.41) is 19.5. The van der Waals surface area contributed by atoms with Gasteiger partial charge in [0.25, 0.3) is 5.91 Å². The molecule has 0 spiro atoms. The van der Waals surface area contributed by atoms with Crippen LogP contribution in [-0.4, -0.2) is 34.7 Å². The molecule has 3 N–H and O–H groups in total. The molecule has 1 atom stereocenters. The van der Waals surface area contributed by atoms with Gasteiger partial charge in [0.2, 0.25) is 0 Å². The van der Waals surface area contributed by atoms with Crippen LogP contribution in [0.1, 0.15) is 22.3 Å². The molecule has 0 radical (unpaired) electrons. The summed E-state index contributed by atoms with van der Waals surface area (Å²) in [6.07, 6.45) is -4.70. The van der Waals surface area contributed by atoms with Crippen LogP contribution in [0.4, 0.5) is 13.2 Å². The van der Waals surface area contributed by atoms with Crippen molar-refractivity contribution >= 4 is 11.9 Å². The molecule has 0 aliphatic rings. The number of alkyl halides is 3. The van der Waals surface area contributed by atoms with Crippen molar-refractivity contribution in [3.05, 3.63) is 35.4 Å². The lowest BCUT2D eigenvalue weighted by molar-refractivity contribution is -0.139. The molecule has 0 unspecified atom stereocenters. The minimum atomic E-state index is -4.50. The number of aliphatic hydroxyl groups excluding tert-OH is 1. The first-order valence-corrected chi connectivity index (χ1v) is 5.57. The molecule has 0 aromatic heterocycles. The van der Waals surface area contributed by atoms with E-state index in [0.717, 1.165) is 24.3 Å². The van der Waals surface area contributed by atoms with Gasteiger partial charge < -0.3 is 15.5 Å². The van der Waals surface area contributed by atoms with Gasteiger partial charge in [0.1, 0.15) is 6.04 Å². The van der Waals surface area contributed by atoms with Gasteiger partial charge in [-0.05, 0) is 24.3 Å². The summed E-state index contributed by atoms with van der Waals surface area (Å²) in [4.78, 5) is 22.4. The van der Waals surface area contributed by atoms with Crippen LogP contribution in [0.25, 0.3) is 0 Å². The van der Waals surface area contributed by atoms with Crippen molar-refractivity contribution in [1.29, 1.82) is 0 Å². The average Bonchev–Trinajstić information content (AvgIpc) is 2.37. The number of benzene rings is 1. The first-order valence-electron chi connectivity index (χ1n) is 5.57. The average molecular weight is 291 g/mol.